The van der Waals surface area contributed by atoms with Crippen LogP contribution in [0, 0.1) is 0 Å². The van der Waals surface area contributed by atoms with Crippen molar-refractivity contribution in [3.63, 3.8) is 0 Å². The molecule has 3 rings (SSSR count). The number of methoxy groups -OCH3 is 1. The summed E-state index contributed by atoms with van der Waals surface area (Å²) in [6.07, 6.45) is 1.71. The molecule has 2 aromatic carbocycles. The first kappa shape index (κ1) is 19.4. The highest BCUT2D eigenvalue weighted by molar-refractivity contribution is 5.91. The van der Waals surface area contributed by atoms with Gasteiger partial charge in [-0.3, -0.25) is 4.98 Å². The molecule has 2 amide bonds. The van der Waals surface area contributed by atoms with E-state index >= 15 is 0 Å². The summed E-state index contributed by atoms with van der Waals surface area (Å²) in [6.45, 7) is 0.869. The number of hydrogen-bond donors (Lipinski definition) is 2. The van der Waals surface area contributed by atoms with Gasteiger partial charge in [-0.15, -0.1) is 0 Å². The number of ether oxygens (including phenoxy) is 2. The number of benzene rings is 2. The fourth-order valence-corrected chi connectivity index (χ4v) is 2.74. The Bertz CT molecular complexity index is 833. The molecule has 1 atom stereocenters. The molecule has 1 heterocycles. The van der Waals surface area contributed by atoms with E-state index in [1.807, 2.05) is 60.7 Å². The van der Waals surface area contributed by atoms with E-state index in [9.17, 15) is 4.79 Å². The van der Waals surface area contributed by atoms with Crippen molar-refractivity contribution in [3.05, 3.63) is 90.3 Å². The molecule has 0 saturated heterocycles. The average molecular weight is 377 g/mol. The van der Waals surface area contributed by atoms with Gasteiger partial charge in [0.25, 0.3) is 0 Å². The molecule has 6 heteroatoms. The van der Waals surface area contributed by atoms with Crippen LogP contribution in [0.4, 0.5) is 10.5 Å². The third kappa shape index (κ3) is 5.31. The lowest BCUT2D eigenvalue weighted by molar-refractivity contribution is 0.146. The summed E-state index contributed by atoms with van der Waals surface area (Å²) in [6, 6.07) is 21.9. The second kappa shape index (κ2) is 10.1. The van der Waals surface area contributed by atoms with Crippen molar-refractivity contribution in [2.45, 2.75) is 6.04 Å². The summed E-state index contributed by atoms with van der Waals surface area (Å²) < 4.78 is 10.7. The number of amides is 2. The van der Waals surface area contributed by atoms with Crippen molar-refractivity contribution in [1.29, 1.82) is 0 Å². The quantitative estimate of drug-likeness (QED) is 0.582. The zero-order chi connectivity index (χ0) is 19.6. The molecular formula is C22H23N3O3. The van der Waals surface area contributed by atoms with Crippen molar-refractivity contribution in [2.24, 2.45) is 0 Å². The van der Waals surface area contributed by atoms with Gasteiger partial charge in [0.1, 0.15) is 12.4 Å². The first-order valence-corrected chi connectivity index (χ1v) is 9.02. The largest absolute Gasteiger partial charge is 0.489 e. The van der Waals surface area contributed by atoms with Crippen molar-refractivity contribution in [2.75, 3.05) is 25.6 Å². The predicted octanol–water partition coefficient (Wildman–Crippen LogP) is 4.02. The third-order valence-electron chi connectivity index (χ3n) is 4.07. The fourth-order valence-electron chi connectivity index (χ4n) is 2.74. The molecule has 0 fully saturated rings. The van der Waals surface area contributed by atoms with Crippen LogP contribution in [0.5, 0.6) is 5.75 Å². The topological polar surface area (TPSA) is 72.5 Å². The standard InChI is InChI=1S/C22H23N3O3/c1-27-15-16-28-20-13-6-5-11-18(20)24-22(26)25-21(17-9-3-2-4-10-17)19-12-7-8-14-23-19/h2-14,21H,15-16H2,1H3,(H2,24,25,26). The summed E-state index contributed by atoms with van der Waals surface area (Å²) >= 11 is 0. The molecule has 2 N–H and O–H groups in total. The van der Waals surface area contributed by atoms with E-state index in [2.05, 4.69) is 15.6 Å². The molecule has 0 saturated carbocycles. The zero-order valence-electron chi connectivity index (χ0n) is 15.7. The van der Waals surface area contributed by atoms with Gasteiger partial charge in [-0.25, -0.2) is 4.79 Å². The fraction of sp³-hybridized carbons (Fsp3) is 0.182. The second-order valence-corrected chi connectivity index (χ2v) is 6.03. The molecule has 6 nitrogen and oxygen atoms in total. The van der Waals surface area contributed by atoms with Crippen LogP contribution in [0.2, 0.25) is 0 Å². The number of nitrogens with zero attached hydrogens (tertiary/aromatic N) is 1. The maximum Gasteiger partial charge on any atom is 0.320 e. The number of urea groups is 1. The van der Waals surface area contributed by atoms with Crippen molar-refractivity contribution in [3.8, 4) is 5.75 Å². The minimum atomic E-state index is -0.371. The molecule has 0 radical (unpaired) electrons. The minimum absolute atomic E-state index is 0.345. The average Bonchev–Trinajstić information content (AvgIpc) is 2.75. The minimum Gasteiger partial charge on any atom is -0.489 e. The van der Waals surface area contributed by atoms with Crippen LogP contribution < -0.4 is 15.4 Å². The van der Waals surface area contributed by atoms with Crippen molar-refractivity contribution in [1.82, 2.24) is 10.3 Å². The number of anilines is 1. The Balaban J connectivity index is 1.75. The molecule has 1 aromatic heterocycles. The molecule has 0 aliphatic heterocycles. The van der Waals surface area contributed by atoms with Crippen LogP contribution in [-0.4, -0.2) is 31.3 Å². The Morgan fingerprint density at radius 3 is 2.46 bits per heavy atom. The van der Waals surface area contributed by atoms with E-state index in [0.717, 1.165) is 11.3 Å². The number of nitrogens with one attached hydrogen (secondary N) is 2. The van der Waals surface area contributed by atoms with Crippen LogP contribution in [0.25, 0.3) is 0 Å². The van der Waals surface area contributed by atoms with Gasteiger partial charge in [0.2, 0.25) is 0 Å². The number of aromatic nitrogens is 1. The monoisotopic (exact) mass is 377 g/mol. The summed E-state index contributed by atoms with van der Waals surface area (Å²) in [5.74, 6) is 0.587. The second-order valence-electron chi connectivity index (χ2n) is 6.03. The van der Waals surface area contributed by atoms with Gasteiger partial charge in [0, 0.05) is 13.3 Å². The van der Waals surface area contributed by atoms with Crippen LogP contribution >= 0.6 is 0 Å². The molecule has 0 bridgehead atoms. The number of para-hydroxylation sites is 2. The summed E-state index contributed by atoms with van der Waals surface area (Å²) in [5.41, 5.74) is 2.29. The van der Waals surface area contributed by atoms with Gasteiger partial charge in [0.05, 0.1) is 24.0 Å². The molecular weight excluding hydrogens is 354 g/mol. The lowest BCUT2D eigenvalue weighted by atomic mass is 10.0. The molecule has 0 aliphatic rings. The van der Waals surface area contributed by atoms with Crippen molar-refractivity contribution < 1.29 is 14.3 Å². The highest BCUT2D eigenvalue weighted by Crippen LogP contribution is 2.25. The van der Waals surface area contributed by atoms with E-state index < -0.39 is 0 Å². The SMILES string of the molecule is COCCOc1ccccc1NC(=O)NC(c1ccccc1)c1ccccn1. The van der Waals surface area contributed by atoms with Gasteiger partial charge in [-0.2, -0.15) is 0 Å². The first-order chi connectivity index (χ1) is 13.8. The van der Waals surface area contributed by atoms with Gasteiger partial charge >= 0.3 is 6.03 Å². The molecule has 0 spiro atoms. The Labute approximate surface area is 164 Å². The van der Waals surface area contributed by atoms with Crippen LogP contribution in [0.1, 0.15) is 17.3 Å². The molecule has 28 heavy (non-hydrogen) atoms. The van der Waals surface area contributed by atoms with E-state index in [4.69, 9.17) is 9.47 Å². The normalized spacial score (nSPS) is 11.5. The number of pyridine rings is 1. The molecule has 1 unspecified atom stereocenters. The van der Waals surface area contributed by atoms with Crippen molar-refractivity contribution >= 4 is 11.7 Å². The predicted molar refractivity (Wildman–Crippen MR) is 108 cm³/mol. The van der Waals surface area contributed by atoms with E-state index in [-0.39, 0.29) is 12.1 Å². The maximum absolute atomic E-state index is 12.7. The lowest BCUT2D eigenvalue weighted by Crippen LogP contribution is -2.33. The van der Waals surface area contributed by atoms with Gasteiger partial charge in [0.15, 0.2) is 0 Å². The number of rotatable bonds is 8. The van der Waals surface area contributed by atoms with Crippen LogP contribution in [0.15, 0.2) is 79.0 Å². The Hall–Kier alpha value is -3.38. The van der Waals surface area contributed by atoms with E-state index in [0.29, 0.717) is 24.7 Å². The Morgan fingerprint density at radius 2 is 1.71 bits per heavy atom. The highest BCUT2D eigenvalue weighted by Gasteiger charge is 2.18. The Morgan fingerprint density at radius 1 is 0.964 bits per heavy atom. The van der Waals surface area contributed by atoms with Gasteiger partial charge in [-0.1, -0.05) is 48.5 Å². The summed E-state index contributed by atoms with van der Waals surface area (Å²) in [7, 11) is 1.61. The molecule has 0 aliphatic carbocycles. The number of hydrogen-bond acceptors (Lipinski definition) is 4. The van der Waals surface area contributed by atoms with E-state index in [1.165, 1.54) is 0 Å². The molecule has 144 valence electrons. The molecule has 3 aromatic rings. The van der Waals surface area contributed by atoms with E-state index in [1.54, 1.807) is 25.4 Å². The maximum atomic E-state index is 12.7. The first-order valence-electron chi connectivity index (χ1n) is 9.02. The summed E-state index contributed by atoms with van der Waals surface area (Å²) in [4.78, 5) is 17.1. The van der Waals surface area contributed by atoms with Gasteiger partial charge in [-0.05, 0) is 29.8 Å². The van der Waals surface area contributed by atoms with Crippen LogP contribution in [0.3, 0.4) is 0 Å². The smallest absolute Gasteiger partial charge is 0.320 e. The van der Waals surface area contributed by atoms with Gasteiger partial charge < -0.3 is 20.1 Å². The third-order valence-corrected chi connectivity index (χ3v) is 4.07. The summed E-state index contributed by atoms with van der Waals surface area (Å²) in [5, 5.41) is 5.86. The number of carbonyl (C=O) groups is 1. The highest BCUT2D eigenvalue weighted by atomic mass is 16.5. The lowest BCUT2D eigenvalue weighted by Gasteiger charge is -2.20. The number of carbonyl (C=O) groups excluding carboxylic acids is 1. The van der Waals surface area contributed by atoms with Crippen LogP contribution in [-0.2, 0) is 4.74 Å². The Kier molecular flexibility index (Phi) is 6.98. The zero-order valence-corrected chi connectivity index (χ0v) is 15.7.